The molecule has 0 amide bonds. The molecule has 0 spiro atoms. The molecule has 0 N–H and O–H groups in total. The van der Waals surface area contributed by atoms with Crippen LogP contribution in [0.25, 0.3) is 0 Å². The van der Waals surface area contributed by atoms with Crippen LogP contribution < -0.4 is 4.90 Å². The molecule has 6 heteroatoms. The molecule has 0 fully saturated rings. The molecule has 16 heavy (non-hydrogen) atoms. The Bertz CT molecular complexity index is 364. The van der Waals surface area contributed by atoms with E-state index in [1.165, 1.54) is 25.2 Å². The van der Waals surface area contributed by atoms with E-state index in [0.29, 0.717) is 0 Å². The largest absolute Gasteiger partial charge is 0.405 e. The number of benzene rings is 1. The van der Waals surface area contributed by atoms with E-state index in [0.717, 1.165) is 4.90 Å². The molecule has 1 aromatic carbocycles. The summed E-state index contributed by atoms with van der Waals surface area (Å²) in [6.45, 7) is -1.10. The predicted molar refractivity (Wildman–Crippen MR) is 58.4 cm³/mol. The van der Waals surface area contributed by atoms with E-state index in [-0.39, 0.29) is 16.6 Å². The van der Waals surface area contributed by atoms with Gasteiger partial charge in [0.05, 0.1) is 0 Å². The van der Waals surface area contributed by atoms with Crippen LogP contribution in [0.3, 0.4) is 0 Å². The Hall–Kier alpha value is -0.780. The quantitative estimate of drug-likeness (QED) is 0.607. The third kappa shape index (κ3) is 3.37. The summed E-state index contributed by atoms with van der Waals surface area (Å²) < 4.78 is 49.8. The number of hydrogen-bond donors (Lipinski definition) is 0. The van der Waals surface area contributed by atoms with Crippen LogP contribution in [-0.4, -0.2) is 19.8 Å². The van der Waals surface area contributed by atoms with Crippen LogP contribution in [0.4, 0.5) is 23.2 Å². The molecule has 0 saturated carbocycles. The van der Waals surface area contributed by atoms with Crippen molar-refractivity contribution in [3.05, 3.63) is 29.6 Å². The molecule has 0 aliphatic carbocycles. The second-order valence-corrected chi connectivity index (χ2v) is 3.90. The first-order valence-electron chi connectivity index (χ1n) is 4.46. The van der Waals surface area contributed by atoms with E-state index in [4.69, 9.17) is 0 Å². The zero-order chi connectivity index (χ0) is 12.3. The summed E-state index contributed by atoms with van der Waals surface area (Å²) in [7, 11) is 1.29. The minimum Gasteiger partial charge on any atom is -0.365 e. The molecule has 0 heterocycles. The third-order valence-corrected chi connectivity index (χ3v) is 2.62. The molecule has 0 aromatic heterocycles. The van der Waals surface area contributed by atoms with Crippen molar-refractivity contribution in [2.45, 2.75) is 11.5 Å². The maximum Gasteiger partial charge on any atom is 0.405 e. The summed E-state index contributed by atoms with van der Waals surface area (Å²) in [6.07, 6.45) is -4.30. The van der Waals surface area contributed by atoms with Crippen LogP contribution in [0.2, 0.25) is 0 Å². The van der Waals surface area contributed by atoms with E-state index in [9.17, 15) is 17.6 Å². The van der Waals surface area contributed by atoms with E-state index < -0.39 is 18.5 Å². The Kier molecular flexibility index (Phi) is 4.18. The highest BCUT2D eigenvalue weighted by molar-refractivity contribution is 9.08. The number of rotatable bonds is 3. The van der Waals surface area contributed by atoms with Crippen LogP contribution in [0.1, 0.15) is 5.56 Å². The highest BCUT2D eigenvalue weighted by Crippen LogP contribution is 2.27. The average molecular weight is 300 g/mol. The van der Waals surface area contributed by atoms with Gasteiger partial charge in [0.1, 0.15) is 12.4 Å². The maximum atomic E-state index is 13.3. The first kappa shape index (κ1) is 13.3. The lowest BCUT2D eigenvalue weighted by atomic mass is 10.1. The molecule has 1 aromatic rings. The first-order valence-corrected chi connectivity index (χ1v) is 5.58. The summed E-state index contributed by atoms with van der Waals surface area (Å²) >= 11 is 3.06. The fraction of sp³-hybridized carbons (Fsp3) is 0.400. The molecule has 1 rings (SSSR count). The van der Waals surface area contributed by atoms with Crippen molar-refractivity contribution >= 4 is 21.6 Å². The molecule has 90 valence electrons. The van der Waals surface area contributed by atoms with Crippen LogP contribution in [0, 0.1) is 5.82 Å². The lowest BCUT2D eigenvalue weighted by molar-refractivity contribution is -0.119. The molecule has 1 nitrogen and oxygen atoms in total. The standard InChI is InChI=1S/C10H10BrF4N/c1-16(6-10(13,14)15)9-4-2-3-8(12)7(9)5-11/h2-4H,5-6H2,1H3. The van der Waals surface area contributed by atoms with Crippen molar-refractivity contribution in [1.29, 1.82) is 0 Å². The second kappa shape index (κ2) is 5.03. The Morgan fingerprint density at radius 2 is 1.94 bits per heavy atom. The second-order valence-electron chi connectivity index (χ2n) is 3.34. The number of anilines is 1. The summed E-state index contributed by atoms with van der Waals surface area (Å²) in [5, 5.41) is 0.178. The number of nitrogens with zero attached hydrogens (tertiary/aromatic N) is 1. The van der Waals surface area contributed by atoms with Crippen LogP contribution in [0.15, 0.2) is 18.2 Å². The number of halogens is 5. The van der Waals surface area contributed by atoms with Gasteiger partial charge >= 0.3 is 6.18 Å². The molecule has 0 unspecified atom stereocenters. The zero-order valence-electron chi connectivity index (χ0n) is 8.48. The molecule has 0 aliphatic heterocycles. The average Bonchev–Trinajstić information content (AvgIpc) is 2.14. The Morgan fingerprint density at radius 1 is 1.31 bits per heavy atom. The Labute approximate surface area is 99.2 Å². The lowest BCUT2D eigenvalue weighted by Gasteiger charge is -2.23. The van der Waals surface area contributed by atoms with Gasteiger partial charge in [0.25, 0.3) is 0 Å². The molecule has 0 saturated heterocycles. The lowest BCUT2D eigenvalue weighted by Crippen LogP contribution is -2.31. The molecular formula is C10H10BrF4N. The fourth-order valence-corrected chi connectivity index (χ4v) is 1.95. The first-order chi connectivity index (χ1) is 7.35. The molecule has 0 bridgehead atoms. The highest BCUT2D eigenvalue weighted by atomic mass is 79.9. The van der Waals surface area contributed by atoms with Crippen molar-refractivity contribution in [3.63, 3.8) is 0 Å². The highest BCUT2D eigenvalue weighted by Gasteiger charge is 2.30. The van der Waals surface area contributed by atoms with E-state index >= 15 is 0 Å². The normalized spacial score (nSPS) is 11.6. The Morgan fingerprint density at radius 3 is 2.44 bits per heavy atom. The SMILES string of the molecule is CN(CC(F)(F)F)c1cccc(F)c1CBr. The molecule has 0 atom stereocenters. The zero-order valence-corrected chi connectivity index (χ0v) is 10.1. The monoisotopic (exact) mass is 299 g/mol. The van der Waals surface area contributed by atoms with Crippen molar-refractivity contribution in [3.8, 4) is 0 Å². The summed E-state index contributed by atoms with van der Waals surface area (Å²) in [5.41, 5.74) is 0.475. The molecule has 0 aliphatic rings. The van der Waals surface area contributed by atoms with Gasteiger partial charge < -0.3 is 4.90 Å². The van der Waals surface area contributed by atoms with Gasteiger partial charge in [-0.25, -0.2) is 4.39 Å². The summed E-state index contributed by atoms with van der Waals surface area (Å²) in [6, 6.07) is 4.08. The van der Waals surface area contributed by atoms with Crippen molar-refractivity contribution in [2.24, 2.45) is 0 Å². The van der Waals surface area contributed by atoms with E-state index in [2.05, 4.69) is 15.9 Å². The van der Waals surface area contributed by atoms with Crippen molar-refractivity contribution in [2.75, 3.05) is 18.5 Å². The van der Waals surface area contributed by atoms with Crippen LogP contribution in [0.5, 0.6) is 0 Å². The van der Waals surface area contributed by atoms with Gasteiger partial charge in [0, 0.05) is 23.6 Å². The van der Waals surface area contributed by atoms with Gasteiger partial charge in [-0.2, -0.15) is 13.2 Å². The number of alkyl halides is 4. The van der Waals surface area contributed by atoms with E-state index in [1.807, 2.05) is 0 Å². The minimum atomic E-state index is -4.30. The number of hydrogen-bond acceptors (Lipinski definition) is 1. The van der Waals surface area contributed by atoms with Gasteiger partial charge in [-0.15, -0.1) is 0 Å². The molecule has 0 radical (unpaired) electrons. The Balaban J connectivity index is 2.99. The van der Waals surface area contributed by atoms with Gasteiger partial charge in [-0.05, 0) is 12.1 Å². The van der Waals surface area contributed by atoms with Gasteiger partial charge in [0.2, 0.25) is 0 Å². The van der Waals surface area contributed by atoms with Crippen LogP contribution in [-0.2, 0) is 5.33 Å². The fourth-order valence-electron chi connectivity index (χ4n) is 1.39. The third-order valence-electron chi connectivity index (χ3n) is 2.06. The summed E-state index contributed by atoms with van der Waals surface area (Å²) in [4.78, 5) is 0.986. The van der Waals surface area contributed by atoms with Crippen molar-refractivity contribution < 1.29 is 17.6 Å². The van der Waals surface area contributed by atoms with Crippen LogP contribution >= 0.6 is 15.9 Å². The minimum absolute atomic E-state index is 0.178. The van der Waals surface area contributed by atoms with Gasteiger partial charge in [-0.1, -0.05) is 22.0 Å². The van der Waals surface area contributed by atoms with Gasteiger partial charge in [-0.3, -0.25) is 0 Å². The summed E-state index contributed by atoms with van der Waals surface area (Å²) in [5.74, 6) is -0.511. The van der Waals surface area contributed by atoms with Crippen molar-refractivity contribution in [1.82, 2.24) is 0 Å². The van der Waals surface area contributed by atoms with Gasteiger partial charge in [0.15, 0.2) is 0 Å². The topological polar surface area (TPSA) is 3.24 Å². The predicted octanol–water partition coefficient (Wildman–Crippen LogP) is 3.72. The van der Waals surface area contributed by atoms with E-state index in [1.54, 1.807) is 0 Å². The molecular weight excluding hydrogens is 290 g/mol. The smallest absolute Gasteiger partial charge is 0.365 e. The maximum absolute atomic E-state index is 13.3.